The lowest BCUT2D eigenvalue weighted by atomic mass is 10.0. The van der Waals surface area contributed by atoms with Gasteiger partial charge in [0.25, 0.3) is 15.7 Å². The molecule has 0 heterocycles. The first kappa shape index (κ1) is 27.2. The number of aliphatic hydroxyl groups is 1. The molecule has 34 heavy (non-hydrogen) atoms. The van der Waals surface area contributed by atoms with Gasteiger partial charge in [-0.25, -0.2) is 13.2 Å². The van der Waals surface area contributed by atoms with Crippen molar-refractivity contribution in [3.8, 4) is 0 Å². The number of nitro groups is 1. The van der Waals surface area contributed by atoms with Gasteiger partial charge in [-0.3, -0.25) is 15.0 Å². The second kappa shape index (κ2) is 12.4. The van der Waals surface area contributed by atoms with Crippen LogP contribution in [0.25, 0.3) is 0 Å². The van der Waals surface area contributed by atoms with Gasteiger partial charge < -0.3 is 15.5 Å². The molecule has 0 bridgehead atoms. The minimum absolute atomic E-state index is 0.101. The molecule has 0 fully saturated rings. The molecule has 1 amide bonds. The summed E-state index contributed by atoms with van der Waals surface area (Å²) in [6.45, 7) is 3.00. The van der Waals surface area contributed by atoms with E-state index in [-0.39, 0.29) is 11.3 Å². The van der Waals surface area contributed by atoms with Gasteiger partial charge in [-0.15, -0.1) is 0 Å². The Morgan fingerprint density at radius 3 is 2.35 bits per heavy atom. The maximum Gasteiger partial charge on any atom is 0.404 e. The second-order valence-electron chi connectivity index (χ2n) is 7.60. The molecule has 0 radical (unpaired) electrons. The van der Waals surface area contributed by atoms with E-state index in [4.69, 9.17) is 4.84 Å². The molecule has 2 atom stereocenters. The zero-order valence-corrected chi connectivity index (χ0v) is 19.7. The van der Waals surface area contributed by atoms with Crippen molar-refractivity contribution in [3.63, 3.8) is 0 Å². The van der Waals surface area contributed by atoms with Crippen molar-refractivity contribution in [2.45, 2.75) is 56.3 Å². The van der Waals surface area contributed by atoms with E-state index in [0.717, 1.165) is 17.7 Å². The number of nitro benzene ring substituents is 1. The smallest absolute Gasteiger partial charge is 0.404 e. The standard InChI is InChI=1S/C22H29N3O8S/c1-3-18(4-2)33-24(34(31,32)19-12-8-11-17(14-19)25(29)30)15-21(26)20(23-22(27)28)13-16-9-6-5-7-10-16/h5-12,14,18,20-21,23,26H,3-4,13,15H2,1-2H3,(H,27,28)/t20-,21+/m0/s1. The molecular weight excluding hydrogens is 466 g/mol. The van der Waals surface area contributed by atoms with Gasteiger partial charge in [-0.1, -0.05) is 54.7 Å². The van der Waals surface area contributed by atoms with Gasteiger partial charge in [-0.2, -0.15) is 0 Å². The molecule has 0 unspecified atom stereocenters. The number of hydrogen-bond acceptors (Lipinski definition) is 7. The minimum atomic E-state index is -4.43. The van der Waals surface area contributed by atoms with Crippen molar-refractivity contribution in [1.82, 2.24) is 9.79 Å². The van der Waals surface area contributed by atoms with Gasteiger partial charge in [-0.05, 0) is 30.9 Å². The van der Waals surface area contributed by atoms with Gasteiger partial charge in [0.2, 0.25) is 0 Å². The van der Waals surface area contributed by atoms with E-state index in [9.17, 15) is 33.5 Å². The van der Waals surface area contributed by atoms with Crippen molar-refractivity contribution < 1.29 is 33.2 Å². The summed E-state index contributed by atoms with van der Waals surface area (Å²) in [7, 11) is -4.43. The fraction of sp³-hybridized carbons (Fsp3) is 0.409. The molecule has 3 N–H and O–H groups in total. The summed E-state index contributed by atoms with van der Waals surface area (Å²) in [6.07, 6.45) is -2.35. The first-order valence-electron chi connectivity index (χ1n) is 10.7. The Kier molecular flexibility index (Phi) is 9.93. The third-order valence-corrected chi connectivity index (χ3v) is 6.80. The van der Waals surface area contributed by atoms with Crippen LogP contribution in [0.15, 0.2) is 59.5 Å². The maximum absolute atomic E-state index is 13.3. The van der Waals surface area contributed by atoms with Gasteiger partial charge in [0.05, 0.1) is 34.6 Å². The van der Waals surface area contributed by atoms with E-state index in [0.29, 0.717) is 17.3 Å². The van der Waals surface area contributed by atoms with E-state index in [1.54, 1.807) is 44.2 Å². The number of carboxylic acid groups (broad SMARTS) is 1. The van der Waals surface area contributed by atoms with Crippen LogP contribution in [0.3, 0.4) is 0 Å². The highest BCUT2D eigenvalue weighted by Gasteiger charge is 2.34. The normalized spacial score (nSPS) is 13.6. The molecule has 0 aliphatic carbocycles. The van der Waals surface area contributed by atoms with Crippen LogP contribution in [0.2, 0.25) is 0 Å². The first-order valence-corrected chi connectivity index (χ1v) is 12.2. The van der Waals surface area contributed by atoms with Crippen LogP contribution in [0.1, 0.15) is 32.3 Å². The predicted octanol–water partition coefficient (Wildman–Crippen LogP) is 2.95. The first-order chi connectivity index (χ1) is 16.1. The maximum atomic E-state index is 13.3. The van der Waals surface area contributed by atoms with E-state index in [1.807, 2.05) is 0 Å². The quantitative estimate of drug-likeness (QED) is 0.282. The van der Waals surface area contributed by atoms with Gasteiger partial charge >= 0.3 is 6.09 Å². The van der Waals surface area contributed by atoms with E-state index in [2.05, 4.69) is 5.32 Å². The Hall–Kier alpha value is -3.06. The summed E-state index contributed by atoms with van der Waals surface area (Å²) < 4.78 is 27.3. The molecule has 12 heteroatoms. The fourth-order valence-corrected chi connectivity index (χ4v) is 4.61. The molecule has 11 nitrogen and oxygen atoms in total. The number of nitrogens with one attached hydrogen (secondary N) is 1. The predicted molar refractivity (Wildman–Crippen MR) is 124 cm³/mol. The molecule has 2 rings (SSSR count). The number of nitrogens with zero attached hydrogens (tertiary/aromatic N) is 2. The summed E-state index contributed by atoms with van der Waals surface area (Å²) in [6, 6.07) is 12.3. The Labute approximate surface area is 198 Å². The van der Waals surface area contributed by atoms with Gasteiger partial charge in [0.15, 0.2) is 0 Å². The van der Waals surface area contributed by atoms with E-state index >= 15 is 0 Å². The SMILES string of the molecule is CCC(CC)ON(C[C@@H](O)[C@H](Cc1ccccc1)NC(=O)O)S(=O)(=O)c1cccc([N+](=O)[O-])c1. The molecule has 2 aromatic rings. The molecule has 0 aliphatic rings. The average molecular weight is 496 g/mol. The number of aliphatic hydroxyl groups excluding tert-OH is 1. The molecule has 0 saturated carbocycles. The van der Waals surface area contributed by atoms with E-state index < -0.39 is 51.5 Å². The van der Waals surface area contributed by atoms with Crippen LogP contribution < -0.4 is 5.32 Å². The average Bonchev–Trinajstić information content (AvgIpc) is 2.81. The Bertz CT molecular complexity index is 1060. The second-order valence-corrected chi connectivity index (χ2v) is 9.43. The fourth-order valence-electron chi connectivity index (χ4n) is 3.27. The summed E-state index contributed by atoms with van der Waals surface area (Å²) >= 11 is 0. The lowest BCUT2D eigenvalue weighted by Crippen LogP contribution is -2.50. The van der Waals surface area contributed by atoms with Gasteiger partial charge in [0, 0.05) is 12.1 Å². The number of sulfonamides is 1. The van der Waals surface area contributed by atoms with Crippen LogP contribution in [0.5, 0.6) is 0 Å². The molecule has 186 valence electrons. The van der Waals surface area contributed by atoms with Crippen molar-refractivity contribution in [3.05, 3.63) is 70.3 Å². The number of hydroxylamine groups is 1. The van der Waals surface area contributed by atoms with Crippen molar-refractivity contribution in [1.29, 1.82) is 0 Å². The zero-order valence-electron chi connectivity index (χ0n) is 18.9. The minimum Gasteiger partial charge on any atom is -0.465 e. The summed E-state index contributed by atoms with van der Waals surface area (Å²) in [5.74, 6) is 0. The van der Waals surface area contributed by atoms with E-state index in [1.165, 1.54) is 12.1 Å². The van der Waals surface area contributed by atoms with Crippen molar-refractivity contribution >= 4 is 21.8 Å². The third kappa shape index (κ3) is 7.48. The lowest BCUT2D eigenvalue weighted by molar-refractivity contribution is -0.385. The highest BCUT2D eigenvalue weighted by Crippen LogP contribution is 2.24. The molecule has 0 aromatic heterocycles. The number of non-ortho nitro benzene ring substituents is 1. The van der Waals surface area contributed by atoms with Crippen LogP contribution in [-0.2, 0) is 21.3 Å². The highest BCUT2D eigenvalue weighted by molar-refractivity contribution is 7.89. The number of hydrogen-bond donors (Lipinski definition) is 3. The summed E-state index contributed by atoms with van der Waals surface area (Å²) in [5, 5.41) is 33.5. The third-order valence-electron chi connectivity index (χ3n) is 5.18. The number of amides is 1. The van der Waals surface area contributed by atoms with Crippen LogP contribution in [0, 0.1) is 10.1 Å². The molecular formula is C22H29N3O8S. The molecule has 2 aromatic carbocycles. The summed E-state index contributed by atoms with van der Waals surface area (Å²) in [4.78, 5) is 27.0. The van der Waals surface area contributed by atoms with Crippen LogP contribution >= 0.6 is 0 Å². The molecule has 0 spiro atoms. The van der Waals surface area contributed by atoms with Crippen molar-refractivity contribution in [2.24, 2.45) is 0 Å². The Balaban J connectivity index is 2.38. The van der Waals surface area contributed by atoms with Crippen molar-refractivity contribution in [2.75, 3.05) is 6.54 Å². The number of benzene rings is 2. The zero-order chi connectivity index (χ0) is 25.3. The van der Waals surface area contributed by atoms with Crippen LogP contribution in [0.4, 0.5) is 10.5 Å². The highest BCUT2D eigenvalue weighted by atomic mass is 32.2. The Morgan fingerprint density at radius 1 is 1.15 bits per heavy atom. The lowest BCUT2D eigenvalue weighted by Gasteiger charge is -2.30. The molecule has 0 saturated heterocycles. The van der Waals surface area contributed by atoms with Crippen LogP contribution in [-0.4, -0.2) is 58.9 Å². The van der Waals surface area contributed by atoms with Gasteiger partial charge in [0.1, 0.15) is 0 Å². The summed E-state index contributed by atoms with van der Waals surface area (Å²) in [5.41, 5.74) is 0.313. The number of rotatable bonds is 13. The topological polar surface area (TPSA) is 159 Å². The Morgan fingerprint density at radius 2 is 1.79 bits per heavy atom. The largest absolute Gasteiger partial charge is 0.465 e. The molecule has 0 aliphatic heterocycles. The number of carbonyl (C=O) groups is 1. The monoisotopic (exact) mass is 495 g/mol.